The van der Waals surface area contributed by atoms with E-state index in [2.05, 4.69) is 10.3 Å². The van der Waals surface area contributed by atoms with E-state index in [0.29, 0.717) is 24.5 Å². The Labute approximate surface area is 118 Å². The van der Waals surface area contributed by atoms with Gasteiger partial charge in [0.25, 0.3) is 5.91 Å². The molecule has 1 aromatic carbocycles. The number of benzene rings is 1. The number of carbonyl (C=O) groups is 1. The number of amides is 1. The van der Waals surface area contributed by atoms with E-state index in [1.165, 1.54) is 6.20 Å². The topological polar surface area (TPSA) is 77.2 Å². The van der Waals surface area contributed by atoms with E-state index in [-0.39, 0.29) is 11.8 Å². The van der Waals surface area contributed by atoms with Crippen molar-refractivity contribution in [1.82, 2.24) is 10.3 Å². The highest BCUT2D eigenvalue weighted by molar-refractivity contribution is 6.08. The second-order valence-electron chi connectivity index (χ2n) is 4.87. The van der Waals surface area contributed by atoms with E-state index in [4.69, 9.17) is 10.5 Å². The van der Waals surface area contributed by atoms with Crippen LogP contribution in [0.1, 0.15) is 17.3 Å². The van der Waals surface area contributed by atoms with Gasteiger partial charge in [0.1, 0.15) is 5.82 Å². The van der Waals surface area contributed by atoms with Gasteiger partial charge < -0.3 is 15.8 Å². The number of aromatic nitrogens is 1. The first kappa shape index (κ1) is 14.3. The van der Waals surface area contributed by atoms with Crippen LogP contribution in [0.15, 0.2) is 30.5 Å². The fraction of sp³-hybridized carbons (Fsp3) is 0.333. The second-order valence-corrected chi connectivity index (χ2v) is 4.87. The van der Waals surface area contributed by atoms with E-state index in [0.717, 1.165) is 10.8 Å². The zero-order valence-corrected chi connectivity index (χ0v) is 11.7. The zero-order chi connectivity index (χ0) is 14.5. The Kier molecular flexibility index (Phi) is 4.53. The third-order valence-electron chi connectivity index (χ3n) is 3.13. The lowest BCUT2D eigenvalue weighted by Crippen LogP contribution is -2.30. The van der Waals surface area contributed by atoms with Crippen molar-refractivity contribution in [2.75, 3.05) is 26.0 Å². The molecule has 106 valence electrons. The van der Waals surface area contributed by atoms with Crippen molar-refractivity contribution in [3.63, 3.8) is 0 Å². The molecule has 0 saturated heterocycles. The average Bonchev–Trinajstić information content (AvgIpc) is 2.46. The minimum Gasteiger partial charge on any atom is -0.384 e. The largest absolute Gasteiger partial charge is 0.384 e. The lowest BCUT2D eigenvalue weighted by atomic mass is 10.1. The quantitative estimate of drug-likeness (QED) is 0.871. The van der Waals surface area contributed by atoms with Crippen molar-refractivity contribution in [3.05, 3.63) is 36.0 Å². The summed E-state index contributed by atoms with van der Waals surface area (Å²) in [6.07, 6.45) is 1.52. The van der Waals surface area contributed by atoms with E-state index >= 15 is 0 Å². The highest BCUT2D eigenvalue weighted by Crippen LogP contribution is 2.22. The maximum Gasteiger partial charge on any atom is 0.253 e. The minimum atomic E-state index is -0.142. The number of hydrogen-bond acceptors (Lipinski definition) is 4. The number of hydrogen-bond donors (Lipinski definition) is 2. The van der Waals surface area contributed by atoms with Crippen molar-refractivity contribution < 1.29 is 9.53 Å². The molecule has 3 N–H and O–H groups in total. The van der Waals surface area contributed by atoms with E-state index in [1.807, 2.05) is 31.2 Å². The highest BCUT2D eigenvalue weighted by Gasteiger charge is 2.13. The molecule has 0 aliphatic carbocycles. The van der Waals surface area contributed by atoms with E-state index in [9.17, 15) is 4.79 Å². The number of nitrogens with zero attached hydrogens (tertiary/aromatic N) is 1. The molecule has 0 aliphatic rings. The van der Waals surface area contributed by atoms with Gasteiger partial charge in [-0.3, -0.25) is 4.79 Å². The summed E-state index contributed by atoms with van der Waals surface area (Å²) in [5.41, 5.74) is 6.37. The first-order valence-electron chi connectivity index (χ1n) is 6.53. The fourth-order valence-corrected chi connectivity index (χ4v) is 2.10. The van der Waals surface area contributed by atoms with Gasteiger partial charge in [0.2, 0.25) is 0 Å². The first-order valence-corrected chi connectivity index (χ1v) is 6.53. The van der Waals surface area contributed by atoms with Crippen LogP contribution in [0.2, 0.25) is 0 Å². The molecular formula is C15H19N3O2. The molecule has 1 atom stereocenters. The van der Waals surface area contributed by atoms with Crippen molar-refractivity contribution in [2.45, 2.75) is 6.92 Å². The Morgan fingerprint density at radius 3 is 2.80 bits per heavy atom. The van der Waals surface area contributed by atoms with Crippen LogP contribution in [-0.4, -0.2) is 31.2 Å². The van der Waals surface area contributed by atoms with Crippen molar-refractivity contribution in [1.29, 1.82) is 0 Å². The molecular weight excluding hydrogens is 254 g/mol. The molecule has 0 bridgehead atoms. The van der Waals surface area contributed by atoms with Crippen LogP contribution in [0.4, 0.5) is 5.82 Å². The van der Waals surface area contributed by atoms with Crippen LogP contribution in [0.25, 0.3) is 10.8 Å². The summed E-state index contributed by atoms with van der Waals surface area (Å²) in [4.78, 5) is 16.3. The molecule has 2 aromatic rings. The maximum absolute atomic E-state index is 12.2. The predicted octanol–water partition coefficient (Wildman–Crippen LogP) is 1.83. The Morgan fingerprint density at radius 1 is 1.40 bits per heavy atom. The normalized spacial score (nSPS) is 12.3. The van der Waals surface area contributed by atoms with Crippen LogP contribution in [-0.2, 0) is 4.74 Å². The predicted molar refractivity (Wildman–Crippen MR) is 79.5 cm³/mol. The monoisotopic (exact) mass is 273 g/mol. The van der Waals surface area contributed by atoms with Gasteiger partial charge in [-0.2, -0.15) is 0 Å². The number of nitrogens with two attached hydrogens (primary N) is 1. The van der Waals surface area contributed by atoms with Gasteiger partial charge in [0.05, 0.1) is 12.2 Å². The summed E-state index contributed by atoms with van der Waals surface area (Å²) < 4.78 is 5.05. The van der Waals surface area contributed by atoms with Gasteiger partial charge in [0.15, 0.2) is 0 Å². The standard InChI is InChI=1S/C15H19N3O2/c1-10(9-20-2)7-18-15(19)13-8-17-14(16)12-6-4-3-5-11(12)13/h3-6,8,10H,7,9H2,1-2H3,(H2,16,17)(H,18,19). The zero-order valence-electron chi connectivity index (χ0n) is 11.7. The Morgan fingerprint density at radius 2 is 2.10 bits per heavy atom. The van der Waals surface area contributed by atoms with Crippen LogP contribution in [0.5, 0.6) is 0 Å². The third kappa shape index (κ3) is 3.05. The van der Waals surface area contributed by atoms with Gasteiger partial charge in [-0.05, 0) is 11.3 Å². The molecule has 1 unspecified atom stereocenters. The number of methoxy groups -OCH3 is 1. The smallest absolute Gasteiger partial charge is 0.253 e. The maximum atomic E-state index is 12.2. The summed E-state index contributed by atoms with van der Waals surface area (Å²) in [6.45, 7) is 3.19. The molecule has 1 amide bonds. The number of ether oxygens (including phenoxy) is 1. The third-order valence-corrected chi connectivity index (χ3v) is 3.13. The number of anilines is 1. The Hall–Kier alpha value is -2.14. The molecule has 2 rings (SSSR count). The molecule has 0 radical (unpaired) electrons. The molecule has 5 nitrogen and oxygen atoms in total. The number of fused-ring (bicyclic) bond motifs is 1. The van der Waals surface area contributed by atoms with Crippen LogP contribution < -0.4 is 11.1 Å². The van der Waals surface area contributed by atoms with Gasteiger partial charge >= 0.3 is 0 Å². The van der Waals surface area contributed by atoms with Crippen molar-refractivity contribution in [2.24, 2.45) is 5.92 Å². The highest BCUT2D eigenvalue weighted by atomic mass is 16.5. The molecule has 0 saturated carbocycles. The van der Waals surface area contributed by atoms with Gasteiger partial charge in [-0.1, -0.05) is 31.2 Å². The van der Waals surface area contributed by atoms with E-state index < -0.39 is 0 Å². The number of rotatable bonds is 5. The van der Waals surface area contributed by atoms with Gasteiger partial charge in [0, 0.05) is 25.2 Å². The van der Waals surface area contributed by atoms with Gasteiger partial charge in [-0.25, -0.2) is 4.98 Å². The second kappa shape index (κ2) is 6.34. The lowest BCUT2D eigenvalue weighted by molar-refractivity contribution is 0.0935. The minimum absolute atomic E-state index is 0.142. The van der Waals surface area contributed by atoms with E-state index in [1.54, 1.807) is 7.11 Å². The molecule has 0 fully saturated rings. The van der Waals surface area contributed by atoms with Crippen LogP contribution in [0, 0.1) is 5.92 Å². The summed E-state index contributed by atoms with van der Waals surface area (Å²) in [6, 6.07) is 7.50. The summed E-state index contributed by atoms with van der Waals surface area (Å²) >= 11 is 0. The fourth-order valence-electron chi connectivity index (χ4n) is 2.10. The molecule has 1 heterocycles. The first-order chi connectivity index (χ1) is 9.63. The summed E-state index contributed by atoms with van der Waals surface area (Å²) in [7, 11) is 1.65. The Bertz CT molecular complexity index is 613. The average molecular weight is 273 g/mol. The molecule has 5 heteroatoms. The summed E-state index contributed by atoms with van der Waals surface area (Å²) in [5, 5.41) is 4.51. The van der Waals surface area contributed by atoms with Crippen molar-refractivity contribution >= 4 is 22.5 Å². The molecule has 20 heavy (non-hydrogen) atoms. The molecule has 1 aromatic heterocycles. The summed E-state index contributed by atoms with van der Waals surface area (Å²) in [5.74, 6) is 0.554. The van der Waals surface area contributed by atoms with Crippen molar-refractivity contribution in [3.8, 4) is 0 Å². The lowest BCUT2D eigenvalue weighted by Gasteiger charge is -2.12. The van der Waals surface area contributed by atoms with Crippen LogP contribution in [0.3, 0.4) is 0 Å². The number of nitrogen functional groups attached to an aromatic ring is 1. The Balaban J connectivity index is 2.20. The van der Waals surface area contributed by atoms with Crippen LogP contribution >= 0.6 is 0 Å². The molecule has 0 aliphatic heterocycles. The number of nitrogens with one attached hydrogen (secondary N) is 1. The number of pyridine rings is 1. The molecule has 0 spiro atoms. The van der Waals surface area contributed by atoms with Gasteiger partial charge in [-0.15, -0.1) is 0 Å². The SMILES string of the molecule is COCC(C)CNC(=O)c1cnc(N)c2ccccc12. The number of carbonyl (C=O) groups excluding carboxylic acids is 1.